The summed E-state index contributed by atoms with van der Waals surface area (Å²) < 4.78 is 33.6. The van der Waals surface area contributed by atoms with Crippen LogP contribution in [0.4, 0.5) is 11.4 Å². The van der Waals surface area contributed by atoms with Gasteiger partial charge in [0.15, 0.2) is 0 Å². The number of rotatable bonds is 8. The van der Waals surface area contributed by atoms with Crippen LogP contribution in [0, 0.1) is 0 Å². The van der Waals surface area contributed by atoms with Crippen molar-refractivity contribution in [3.8, 4) is 5.75 Å². The maximum Gasteiger partial charge on any atom is 0.243 e. The highest BCUT2D eigenvalue weighted by Crippen LogP contribution is 2.29. The molecule has 0 spiro atoms. The maximum absolute atomic E-state index is 12.4. The van der Waals surface area contributed by atoms with Gasteiger partial charge in [-0.3, -0.25) is 4.79 Å². The lowest BCUT2D eigenvalue weighted by Crippen LogP contribution is -2.26. The fourth-order valence-electron chi connectivity index (χ4n) is 2.39. The van der Waals surface area contributed by atoms with E-state index in [9.17, 15) is 13.2 Å². The van der Waals surface area contributed by atoms with Gasteiger partial charge in [0, 0.05) is 16.2 Å². The maximum atomic E-state index is 12.4. The van der Waals surface area contributed by atoms with Crippen LogP contribution in [0.2, 0.25) is 0 Å². The number of nitrogens with one attached hydrogen (secondary N) is 3. The van der Waals surface area contributed by atoms with Gasteiger partial charge in [0.1, 0.15) is 5.75 Å². The van der Waals surface area contributed by atoms with Crippen LogP contribution >= 0.6 is 15.9 Å². The van der Waals surface area contributed by atoms with E-state index in [-0.39, 0.29) is 23.4 Å². The summed E-state index contributed by atoms with van der Waals surface area (Å²) in [6.07, 6.45) is 1.72. The predicted molar refractivity (Wildman–Crippen MR) is 108 cm³/mol. The summed E-state index contributed by atoms with van der Waals surface area (Å²) in [6.45, 7) is -0.0357. The Labute approximate surface area is 166 Å². The van der Waals surface area contributed by atoms with Crippen molar-refractivity contribution in [2.75, 3.05) is 24.3 Å². The highest BCUT2D eigenvalue weighted by molar-refractivity contribution is 9.10. The summed E-state index contributed by atoms with van der Waals surface area (Å²) in [5.74, 6) is 0.195. The first-order valence-corrected chi connectivity index (χ1v) is 10.6. The number of benzene rings is 2. The number of anilines is 2. The SMILES string of the molecule is COc1ccc(S(=O)(=O)NC2CC2)cc1NCC(=O)Nc1ccc(Br)cc1. The van der Waals surface area contributed by atoms with E-state index in [4.69, 9.17) is 4.74 Å². The highest BCUT2D eigenvalue weighted by Gasteiger charge is 2.28. The zero-order valence-electron chi connectivity index (χ0n) is 14.7. The number of hydrogen-bond donors (Lipinski definition) is 3. The molecule has 9 heteroatoms. The average molecular weight is 454 g/mol. The molecule has 2 aromatic carbocycles. The van der Waals surface area contributed by atoms with Gasteiger partial charge in [-0.2, -0.15) is 0 Å². The summed E-state index contributed by atoms with van der Waals surface area (Å²) in [5, 5.41) is 5.70. The predicted octanol–water partition coefficient (Wildman–Crippen LogP) is 2.95. The molecule has 3 N–H and O–H groups in total. The minimum atomic E-state index is -3.59. The zero-order valence-corrected chi connectivity index (χ0v) is 17.1. The smallest absolute Gasteiger partial charge is 0.243 e. The number of halogens is 1. The number of hydrogen-bond acceptors (Lipinski definition) is 5. The van der Waals surface area contributed by atoms with Gasteiger partial charge in [0.05, 0.1) is 24.2 Å². The van der Waals surface area contributed by atoms with E-state index in [1.807, 2.05) is 12.1 Å². The molecule has 1 aliphatic rings. The third kappa shape index (κ3) is 5.44. The fourth-order valence-corrected chi connectivity index (χ4v) is 3.99. The monoisotopic (exact) mass is 453 g/mol. The molecule has 144 valence electrons. The molecule has 7 nitrogen and oxygen atoms in total. The molecule has 0 aliphatic heterocycles. The minimum absolute atomic E-state index is 0.0187. The standard InChI is InChI=1S/C18H20BrN3O4S/c1-26-17-9-8-15(27(24,25)22-14-6-7-14)10-16(17)20-11-18(23)21-13-4-2-12(19)3-5-13/h2-5,8-10,14,20,22H,6-7,11H2,1H3,(H,21,23). The Bertz CT molecular complexity index is 928. The molecule has 2 aromatic rings. The first kappa shape index (κ1) is 19.7. The Hall–Kier alpha value is -2.10. The topological polar surface area (TPSA) is 96.5 Å². The summed E-state index contributed by atoms with van der Waals surface area (Å²) in [4.78, 5) is 12.3. The van der Waals surface area contributed by atoms with Crippen molar-refractivity contribution in [1.82, 2.24) is 4.72 Å². The van der Waals surface area contributed by atoms with Gasteiger partial charge >= 0.3 is 0 Å². The van der Waals surface area contributed by atoms with Gasteiger partial charge in [-0.05, 0) is 55.3 Å². The Morgan fingerprint density at radius 3 is 2.52 bits per heavy atom. The van der Waals surface area contributed by atoms with E-state index in [1.54, 1.807) is 18.2 Å². The van der Waals surface area contributed by atoms with E-state index in [0.29, 0.717) is 17.1 Å². The van der Waals surface area contributed by atoms with E-state index in [1.165, 1.54) is 19.2 Å². The fraction of sp³-hybridized carbons (Fsp3) is 0.278. The second-order valence-electron chi connectivity index (χ2n) is 6.17. The van der Waals surface area contributed by atoms with E-state index in [2.05, 4.69) is 31.3 Å². The summed E-state index contributed by atoms with van der Waals surface area (Å²) in [6, 6.07) is 11.7. The lowest BCUT2D eigenvalue weighted by atomic mass is 10.3. The number of carbonyl (C=O) groups excluding carboxylic acids is 1. The average Bonchev–Trinajstić information content (AvgIpc) is 3.45. The molecule has 1 aliphatic carbocycles. The molecular weight excluding hydrogens is 434 g/mol. The first-order chi connectivity index (χ1) is 12.9. The highest BCUT2D eigenvalue weighted by atomic mass is 79.9. The Kier molecular flexibility index (Phi) is 6.03. The second-order valence-corrected chi connectivity index (χ2v) is 8.80. The van der Waals surface area contributed by atoms with Crippen molar-refractivity contribution in [2.45, 2.75) is 23.8 Å². The number of amides is 1. The van der Waals surface area contributed by atoms with E-state index >= 15 is 0 Å². The molecule has 1 fully saturated rings. The van der Waals surface area contributed by atoms with Crippen LogP contribution in [0.25, 0.3) is 0 Å². The molecule has 1 saturated carbocycles. The number of ether oxygens (including phenoxy) is 1. The van der Waals surface area contributed by atoms with Crippen molar-refractivity contribution in [3.05, 3.63) is 46.9 Å². The van der Waals surface area contributed by atoms with Crippen LogP contribution in [0.15, 0.2) is 51.8 Å². The van der Waals surface area contributed by atoms with Crippen molar-refractivity contribution in [3.63, 3.8) is 0 Å². The summed E-state index contributed by atoms with van der Waals surface area (Å²) in [5.41, 5.74) is 1.10. The molecule has 0 aromatic heterocycles. The normalized spacial score (nSPS) is 13.9. The van der Waals surface area contributed by atoms with Gasteiger partial charge in [0.2, 0.25) is 15.9 Å². The third-order valence-corrected chi connectivity index (χ3v) is 5.99. The third-order valence-electron chi connectivity index (χ3n) is 3.95. The molecule has 27 heavy (non-hydrogen) atoms. The minimum Gasteiger partial charge on any atom is -0.495 e. The molecule has 0 unspecified atom stereocenters. The van der Waals surface area contributed by atoms with E-state index < -0.39 is 10.0 Å². The van der Waals surface area contributed by atoms with Crippen LogP contribution in [0.1, 0.15) is 12.8 Å². The Morgan fingerprint density at radius 1 is 1.19 bits per heavy atom. The second kappa shape index (κ2) is 8.28. The van der Waals surface area contributed by atoms with Gasteiger partial charge in [-0.1, -0.05) is 15.9 Å². The Balaban J connectivity index is 1.68. The van der Waals surface area contributed by atoms with Gasteiger partial charge in [-0.25, -0.2) is 13.1 Å². The lowest BCUT2D eigenvalue weighted by Gasteiger charge is -2.13. The summed E-state index contributed by atoms with van der Waals surface area (Å²) in [7, 11) is -2.10. The van der Waals surface area contributed by atoms with Crippen LogP contribution in [-0.4, -0.2) is 34.0 Å². The van der Waals surface area contributed by atoms with Crippen molar-refractivity contribution in [2.24, 2.45) is 0 Å². The quantitative estimate of drug-likeness (QED) is 0.570. The summed E-state index contributed by atoms with van der Waals surface area (Å²) >= 11 is 3.34. The van der Waals surface area contributed by atoms with Gasteiger partial charge < -0.3 is 15.4 Å². The molecular formula is C18H20BrN3O4S. The molecule has 0 bridgehead atoms. The first-order valence-electron chi connectivity index (χ1n) is 8.37. The van der Waals surface area contributed by atoms with Crippen molar-refractivity contribution in [1.29, 1.82) is 0 Å². The Morgan fingerprint density at radius 2 is 1.89 bits per heavy atom. The van der Waals surface area contributed by atoms with Crippen molar-refractivity contribution >= 4 is 43.2 Å². The van der Waals surface area contributed by atoms with E-state index in [0.717, 1.165) is 17.3 Å². The van der Waals surface area contributed by atoms with Gasteiger partial charge in [-0.15, -0.1) is 0 Å². The molecule has 0 radical (unpaired) electrons. The molecule has 0 heterocycles. The van der Waals surface area contributed by atoms with Crippen molar-refractivity contribution < 1.29 is 17.9 Å². The number of methoxy groups -OCH3 is 1. The largest absolute Gasteiger partial charge is 0.495 e. The van der Waals surface area contributed by atoms with Crippen LogP contribution < -0.4 is 20.1 Å². The zero-order chi connectivity index (χ0) is 19.4. The van der Waals surface area contributed by atoms with Gasteiger partial charge in [0.25, 0.3) is 0 Å². The molecule has 1 amide bonds. The van der Waals surface area contributed by atoms with Crippen LogP contribution in [0.3, 0.4) is 0 Å². The molecule has 0 atom stereocenters. The molecule has 3 rings (SSSR count). The van der Waals surface area contributed by atoms with Crippen LogP contribution in [-0.2, 0) is 14.8 Å². The van der Waals surface area contributed by atoms with Crippen LogP contribution in [0.5, 0.6) is 5.75 Å². The lowest BCUT2D eigenvalue weighted by molar-refractivity contribution is -0.114. The number of sulfonamides is 1. The molecule has 0 saturated heterocycles. The number of carbonyl (C=O) groups is 1.